The van der Waals surface area contributed by atoms with Crippen LogP contribution in [0.15, 0.2) is 21.0 Å². The predicted molar refractivity (Wildman–Crippen MR) is 64.2 cm³/mol. The molecule has 0 spiro atoms. The number of hydrogen-bond donors (Lipinski definition) is 4. The molecule has 2 heterocycles. The van der Waals surface area contributed by atoms with E-state index in [4.69, 9.17) is 20.4 Å². The van der Waals surface area contributed by atoms with Gasteiger partial charge in [0.05, 0.1) is 0 Å². The first-order valence-electron chi connectivity index (χ1n) is 5.43. The lowest BCUT2D eigenvalue weighted by Gasteiger charge is -1.96. The van der Waals surface area contributed by atoms with Crippen LogP contribution in [0.4, 0.5) is 0 Å². The first-order chi connectivity index (χ1) is 10.2. The quantitative estimate of drug-likeness (QED) is 0.630. The molecular formula is C12H6O10. The molecule has 0 saturated carbocycles. The maximum absolute atomic E-state index is 11.1. The Morgan fingerprint density at radius 3 is 1.18 bits per heavy atom. The molecule has 0 aromatic carbocycles. The van der Waals surface area contributed by atoms with Gasteiger partial charge in [0.15, 0.2) is 0 Å². The van der Waals surface area contributed by atoms with Crippen molar-refractivity contribution in [2.75, 3.05) is 0 Å². The van der Waals surface area contributed by atoms with E-state index in [1.165, 1.54) is 0 Å². The Morgan fingerprint density at radius 1 is 0.636 bits per heavy atom. The van der Waals surface area contributed by atoms with Crippen molar-refractivity contribution in [1.29, 1.82) is 0 Å². The molecule has 0 amide bonds. The number of hydrogen-bond acceptors (Lipinski definition) is 6. The summed E-state index contributed by atoms with van der Waals surface area (Å²) in [6, 6.07) is 1.55. The number of furan rings is 2. The Hall–Kier alpha value is -3.56. The number of carboxylic acids is 4. The van der Waals surface area contributed by atoms with E-state index in [1.54, 1.807) is 0 Å². The van der Waals surface area contributed by atoms with Gasteiger partial charge >= 0.3 is 23.9 Å². The second-order valence-electron chi connectivity index (χ2n) is 3.93. The second-order valence-corrected chi connectivity index (χ2v) is 3.93. The maximum atomic E-state index is 11.1. The molecular weight excluding hydrogens is 304 g/mol. The lowest BCUT2D eigenvalue weighted by molar-refractivity contribution is 0.0611. The monoisotopic (exact) mass is 310 g/mol. The molecule has 0 saturated heterocycles. The summed E-state index contributed by atoms with van der Waals surface area (Å²) in [7, 11) is 0. The Kier molecular flexibility index (Phi) is 3.43. The molecule has 0 aliphatic heterocycles. The molecule has 10 heteroatoms. The topological polar surface area (TPSA) is 175 Å². The Balaban J connectivity index is 2.75. The van der Waals surface area contributed by atoms with Gasteiger partial charge in [0.2, 0.25) is 23.0 Å². The van der Waals surface area contributed by atoms with E-state index in [2.05, 4.69) is 8.83 Å². The number of rotatable bonds is 5. The van der Waals surface area contributed by atoms with Crippen molar-refractivity contribution in [1.82, 2.24) is 0 Å². The van der Waals surface area contributed by atoms with Crippen molar-refractivity contribution >= 4 is 23.9 Å². The van der Waals surface area contributed by atoms with Crippen LogP contribution in [0, 0.1) is 0 Å². The van der Waals surface area contributed by atoms with Crippen LogP contribution in [0.25, 0.3) is 11.1 Å². The molecule has 114 valence electrons. The average Bonchev–Trinajstić information content (AvgIpc) is 3.02. The van der Waals surface area contributed by atoms with Gasteiger partial charge in [0, 0.05) is 23.3 Å². The minimum Gasteiger partial charge on any atom is -0.475 e. The Bertz CT molecular complexity index is 738. The van der Waals surface area contributed by atoms with Gasteiger partial charge in [-0.3, -0.25) is 0 Å². The van der Waals surface area contributed by atoms with Gasteiger partial charge in [-0.15, -0.1) is 0 Å². The van der Waals surface area contributed by atoms with Crippen LogP contribution in [-0.4, -0.2) is 44.3 Å². The second kappa shape index (κ2) is 5.09. The molecule has 0 unspecified atom stereocenters. The summed E-state index contributed by atoms with van der Waals surface area (Å²) in [4.78, 5) is 43.8. The van der Waals surface area contributed by atoms with Crippen LogP contribution in [0.3, 0.4) is 0 Å². The molecule has 2 aromatic rings. The summed E-state index contributed by atoms with van der Waals surface area (Å²) in [6.07, 6.45) is 0. The molecule has 0 radical (unpaired) electrons. The molecule has 0 aliphatic carbocycles. The highest BCUT2D eigenvalue weighted by molar-refractivity contribution is 6.02. The van der Waals surface area contributed by atoms with Gasteiger partial charge < -0.3 is 29.3 Å². The third kappa shape index (κ3) is 2.40. The molecule has 4 N–H and O–H groups in total. The summed E-state index contributed by atoms with van der Waals surface area (Å²) >= 11 is 0. The van der Waals surface area contributed by atoms with E-state index >= 15 is 0 Å². The van der Waals surface area contributed by atoms with Crippen LogP contribution in [0.2, 0.25) is 0 Å². The molecule has 0 fully saturated rings. The fourth-order valence-corrected chi connectivity index (χ4v) is 1.71. The van der Waals surface area contributed by atoms with Gasteiger partial charge in [-0.1, -0.05) is 0 Å². The highest BCUT2D eigenvalue weighted by atomic mass is 16.4. The zero-order chi connectivity index (χ0) is 16.6. The minimum absolute atomic E-state index is 0.418. The van der Waals surface area contributed by atoms with Crippen molar-refractivity contribution < 1.29 is 48.4 Å². The highest BCUT2D eigenvalue weighted by Gasteiger charge is 2.29. The van der Waals surface area contributed by atoms with E-state index in [0.29, 0.717) is 0 Å². The third-order valence-electron chi connectivity index (χ3n) is 2.56. The average molecular weight is 310 g/mol. The summed E-state index contributed by atoms with van der Waals surface area (Å²) in [6.45, 7) is 0. The van der Waals surface area contributed by atoms with E-state index < -0.39 is 58.0 Å². The zero-order valence-corrected chi connectivity index (χ0v) is 10.4. The van der Waals surface area contributed by atoms with Crippen molar-refractivity contribution in [2.45, 2.75) is 0 Å². The van der Waals surface area contributed by atoms with E-state index in [0.717, 1.165) is 12.1 Å². The largest absolute Gasteiger partial charge is 0.475 e. The van der Waals surface area contributed by atoms with Crippen LogP contribution >= 0.6 is 0 Å². The number of aromatic carboxylic acids is 4. The van der Waals surface area contributed by atoms with Gasteiger partial charge in [-0.2, -0.15) is 0 Å². The summed E-state index contributed by atoms with van der Waals surface area (Å²) in [5.74, 6) is -9.66. The van der Waals surface area contributed by atoms with E-state index in [9.17, 15) is 19.2 Å². The van der Waals surface area contributed by atoms with E-state index in [1.807, 2.05) is 0 Å². The third-order valence-corrected chi connectivity index (χ3v) is 2.56. The molecule has 0 bridgehead atoms. The van der Waals surface area contributed by atoms with Crippen molar-refractivity contribution in [3.63, 3.8) is 0 Å². The molecule has 2 rings (SSSR count). The Labute approximate surface area is 119 Å². The molecule has 0 aliphatic rings. The fourth-order valence-electron chi connectivity index (χ4n) is 1.71. The lowest BCUT2D eigenvalue weighted by atomic mass is 10.1. The van der Waals surface area contributed by atoms with Gasteiger partial charge in [-0.05, 0) is 0 Å². The fraction of sp³-hybridized carbons (Fsp3) is 0. The molecule has 10 nitrogen and oxygen atoms in total. The highest BCUT2D eigenvalue weighted by Crippen LogP contribution is 2.33. The SMILES string of the molecule is O=C(O)c1cc(-c2cc(C(=O)O)oc2C(=O)O)c(C(=O)O)o1. The Morgan fingerprint density at radius 2 is 0.955 bits per heavy atom. The predicted octanol–water partition coefficient (Wildman–Crippen LogP) is 1.33. The molecule has 22 heavy (non-hydrogen) atoms. The van der Waals surface area contributed by atoms with Crippen LogP contribution in [0.1, 0.15) is 42.2 Å². The normalized spacial score (nSPS) is 10.4. The first kappa shape index (κ1) is 14.8. The maximum Gasteiger partial charge on any atom is 0.372 e. The summed E-state index contributed by atoms with van der Waals surface area (Å²) < 4.78 is 9.23. The summed E-state index contributed by atoms with van der Waals surface area (Å²) in [5.41, 5.74) is -0.836. The van der Waals surface area contributed by atoms with Crippen molar-refractivity contribution in [3.8, 4) is 11.1 Å². The molecule has 0 atom stereocenters. The van der Waals surface area contributed by atoms with E-state index in [-0.39, 0.29) is 0 Å². The standard InChI is InChI=1S/C12H6O10/c13-9(14)5-1-3(7(21-5)11(17)18)4-2-6(10(15)16)22-8(4)12(19)20/h1-2H,(H,13,14)(H,15,16)(H,17,18)(H,19,20). The number of carbonyl (C=O) groups is 4. The van der Waals surface area contributed by atoms with Crippen molar-refractivity contribution in [2.24, 2.45) is 0 Å². The van der Waals surface area contributed by atoms with Crippen LogP contribution in [-0.2, 0) is 0 Å². The zero-order valence-electron chi connectivity index (χ0n) is 10.4. The first-order valence-corrected chi connectivity index (χ1v) is 5.43. The van der Waals surface area contributed by atoms with Gasteiger partial charge in [0.1, 0.15) is 0 Å². The minimum atomic E-state index is -1.66. The number of carboxylic acid groups (broad SMARTS) is 4. The summed E-state index contributed by atoms with van der Waals surface area (Å²) in [5, 5.41) is 35.6. The van der Waals surface area contributed by atoms with Crippen molar-refractivity contribution in [3.05, 3.63) is 35.2 Å². The molecule has 2 aromatic heterocycles. The smallest absolute Gasteiger partial charge is 0.372 e. The van der Waals surface area contributed by atoms with Crippen LogP contribution < -0.4 is 0 Å². The van der Waals surface area contributed by atoms with Gasteiger partial charge in [0.25, 0.3) is 0 Å². The van der Waals surface area contributed by atoms with Crippen LogP contribution in [0.5, 0.6) is 0 Å². The lowest BCUT2D eigenvalue weighted by Crippen LogP contribution is -1.99. The van der Waals surface area contributed by atoms with Gasteiger partial charge in [-0.25, -0.2) is 19.2 Å².